The molecule has 0 N–H and O–H groups in total. The fourth-order valence-electron chi connectivity index (χ4n) is 4.06. The summed E-state index contributed by atoms with van der Waals surface area (Å²) in [4.78, 5) is 22.1. The molecule has 2 saturated heterocycles. The van der Waals surface area contributed by atoms with Crippen LogP contribution in [0, 0.1) is 11.8 Å². The van der Waals surface area contributed by atoms with Crippen LogP contribution in [0.25, 0.3) is 0 Å². The Hall–Kier alpha value is -1.95. The highest BCUT2D eigenvalue weighted by Crippen LogP contribution is 2.27. The van der Waals surface area contributed by atoms with E-state index in [1.165, 1.54) is 17.1 Å². The van der Waals surface area contributed by atoms with Crippen LogP contribution in [-0.4, -0.2) is 46.3 Å². The lowest BCUT2D eigenvalue weighted by Crippen LogP contribution is -2.47. The second kappa shape index (κ2) is 8.38. The molecular weight excluding hydrogens is 356 g/mol. The summed E-state index contributed by atoms with van der Waals surface area (Å²) in [6.07, 6.45) is 5.09. The van der Waals surface area contributed by atoms with E-state index in [0.29, 0.717) is 5.91 Å². The van der Waals surface area contributed by atoms with E-state index in [9.17, 15) is 4.79 Å². The van der Waals surface area contributed by atoms with Gasteiger partial charge in [0.1, 0.15) is 5.82 Å². The molecule has 27 heavy (non-hydrogen) atoms. The van der Waals surface area contributed by atoms with Crippen molar-refractivity contribution in [1.29, 1.82) is 0 Å². The largest absolute Gasteiger partial charge is 0.346 e. The average molecular weight is 385 g/mol. The summed E-state index contributed by atoms with van der Waals surface area (Å²) in [6, 6.07) is 10.3. The molecule has 2 aliphatic heterocycles. The Bertz CT molecular complexity index is 755. The van der Waals surface area contributed by atoms with Crippen LogP contribution in [0.3, 0.4) is 0 Å². The van der Waals surface area contributed by atoms with Crippen molar-refractivity contribution in [2.45, 2.75) is 39.0 Å². The summed E-state index contributed by atoms with van der Waals surface area (Å²) in [5, 5.41) is 0.964. The van der Waals surface area contributed by atoms with E-state index < -0.39 is 0 Å². The van der Waals surface area contributed by atoms with E-state index >= 15 is 0 Å². The molecule has 0 aliphatic carbocycles. The van der Waals surface area contributed by atoms with Crippen LogP contribution in [0.2, 0.25) is 0 Å². The van der Waals surface area contributed by atoms with Crippen molar-refractivity contribution < 1.29 is 4.79 Å². The molecule has 3 heterocycles. The third-order valence-corrected chi connectivity index (χ3v) is 6.61. The lowest BCUT2D eigenvalue weighted by atomic mass is 9.94. The number of piperidine rings is 2. The molecule has 0 radical (unpaired) electrons. The van der Waals surface area contributed by atoms with Gasteiger partial charge in [-0.05, 0) is 37.2 Å². The molecular formula is C21H28N4OS. The molecule has 5 nitrogen and oxygen atoms in total. The molecule has 6 heteroatoms. The number of carbonyl (C=O) groups excluding carboxylic acids is 1. The zero-order valence-corrected chi connectivity index (χ0v) is 16.8. The van der Waals surface area contributed by atoms with Gasteiger partial charge in [0.15, 0.2) is 0 Å². The molecule has 1 amide bonds. The molecule has 2 aliphatic rings. The molecule has 2 fully saturated rings. The second-order valence-electron chi connectivity index (χ2n) is 7.95. The summed E-state index contributed by atoms with van der Waals surface area (Å²) >= 11 is 1.46. The maximum Gasteiger partial charge on any atom is 0.227 e. The van der Waals surface area contributed by atoms with Crippen molar-refractivity contribution in [1.82, 2.24) is 14.3 Å². The number of carbonyl (C=O) groups is 1. The number of likely N-dealkylation sites (tertiary alicyclic amines) is 1. The minimum Gasteiger partial charge on any atom is -0.346 e. The normalized spacial score (nSPS) is 21.4. The minimum absolute atomic E-state index is 0.105. The van der Waals surface area contributed by atoms with Gasteiger partial charge in [0.25, 0.3) is 0 Å². The number of hydrogen-bond acceptors (Lipinski definition) is 5. The highest BCUT2D eigenvalue weighted by Gasteiger charge is 2.31. The van der Waals surface area contributed by atoms with Gasteiger partial charge in [-0.2, -0.15) is 4.37 Å². The van der Waals surface area contributed by atoms with Crippen LogP contribution >= 0.6 is 11.5 Å². The topological polar surface area (TPSA) is 49.3 Å². The van der Waals surface area contributed by atoms with Crippen LogP contribution in [0.1, 0.15) is 44.0 Å². The van der Waals surface area contributed by atoms with Crippen molar-refractivity contribution in [2.75, 3.05) is 31.1 Å². The molecule has 4 rings (SSSR count). The highest BCUT2D eigenvalue weighted by atomic mass is 32.1. The van der Waals surface area contributed by atoms with Crippen LogP contribution < -0.4 is 4.90 Å². The average Bonchev–Trinajstić information content (AvgIpc) is 3.17. The zero-order valence-electron chi connectivity index (χ0n) is 16.0. The molecule has 0 bridgehead atoms. The number of benzene rings is 1. The van der Waals surface area contributed by atoms with Crippen LogP contribution in [0.4, 0.5) is 5.13 Å². The van der Waals surface area contributed by atoms with Gasteiger partial charge in [0.2, 0.25) is 11.0 Å². The predicted octanol–water partition coefficient (Wildman–Crippen LogP) is 3.60. The minimum atomic E-state index is 0.105. The molecule has 144 valence electrons. The fourth-order valence-corrected chi connectivity index (χ4v) is 4.78. The molecule has 1 unspecified atom stereocenters. The Balaban J connectivity index is 1.37. The summed E-state index contributed by atoms with van der Waals surface area (Å²) in [5.41, 5.74) is 1.23. The van der Waals surface area contributed by atoms with E-state index in [-0.39, 0.29) is 5.92 Å². The SMILES string of the molecule is CC1CCN(C(=O)C2CCCN(c3nc(Cc4ccccc4)ns3)C2)CC1. The van der Waals surface area contributed by atoms with E-state index in [4.69, 9.17) is 4.98 Å². The molecule has 0 spiro atoms. The van der Waals surface area contributed by atoms with Crippen molar-refractivity contribution in [3.63, 3.8) is 0 Å². The number of anilines is 1. The lowest BCUT2D eigenvalue weighted by molar-refractivity contribution is -0.137. The molecule has 0 saturated carbocycles. The van der Waals surface area contributed by atoms with Crippen LogP contribution in [0.15, 0.2) is 30.3 Å². The zero-order chi connectivity index (χ0) is 18.6. The number of nitrogens with zero attached hydrogens (tertiary/aromatic N) is 4. The van der Waals surface area contributed by atoms with E-state index in [1.54, 1.807) is 0 Å². The maximum absolute atomic E-state index is 12.9. The quantitative estimate of drug-likeness (QED) is 0.808. The summed E-state index contributed by atoms with van der Waals surface area (Å²) in [6.45, 7) is 5.89. The predicted molar refractivity (Wildman–Crippen MR) is 109 cm³/mol. The first-order valence-electron chi connectivity index (χ1n) is 10.1. The van der Waals surface area contributed by atoms with Crippen molar-refractivity contribution in [3.05, 3.63) is 41.7 Å². The first-order chi connectivity index (χ1) is 13.2. The van der Waals surface area contributed by atoms with Crippen molar-refractivity contribution in [2.24, 2.45) is 11.8 Å². The van der Waals surface area contributed by atoms with Gasteiger partial charge in [-0.3, -0.25) is 4.79 Å². The van der Waals surface area contributed by atoms with Gasteiger partial charge in [-0.1, -0.05) is 37.3 Å². The van der Waals surface area contributed by atoms with E-state index in [1.807, 2.05) is 18.2 Å². The molecule has 2 aromatic rings. The van der Waals surface area contributed by atoms with Crippen LogP contribution in [0.5, 0.6) is 0 Å². The highest BCUT2D eigenvalue weighted by molar-refractivity contribution is 7.09. The maximum atomic E-state index is 12.9. The monoisotopic (exact) mass is 384 g/mol. The first-order valence-corrected chi connectivity index (χ1v) is 10.9. The Morgan fingerprint density at radius 1 is 1.15 bits per heavy atom. The smallest absolute Gasteiger partial charge is 0.227 e. The third-order valence-electron chi connectivity index (χ3n) is 5.80. The molecule has 1 atom stereocenters. The summed E-state index contributed by atoms with van der Waals surface area (Å²) < 4.78 is 4.55. The van der Waals surface area contributed by atoms with Crippen LogP contribution in [-0.2, 0) is 11.2 Å². The Morgan fingerprint density at radius 2 is 1.93 bits per heavy atom. The van der Waals surface area contributed by atoms with E-state index in [0.717, 1.165) is 75.2 Å². The van der Waals surface area contributed by atoms with Gasteiger partial charge >= 0.3 is 0 Å². The molecule has 1 aromatic carbocycles. The van der Waals surface area contributed by atoms with Crippen molar-refractivity contribution in [3.8, 4) is 0 Å². The standard InChI is InChI=1S/C21H28N4OS/c1-16-9-12-24(13-10-16)20(26)18-8-5-11-25(15-18)21-22-19(23-27-21)14-17-6-3-2-4-7-17/h2-4,6-7,16,18H,5,8-15H2,1H3. The number of hydrogen-bond donors (Lipinski definition) is 0. The first kappa shape index (κ1) is 18.4. The fraction of sp³-hybridized carbons (Fsp3) is 0.571. The van der Waals surface area contributed by atoms with Gasteiger partial charge in [-0.15, -0.1) is 0 Å². The third kappa shape index (κ3) is 4.49. The van der Waals surface area contributed by atoms with Crippen molar-refractivity contribution >= 4 is 22.6 Å². The lowest BCUT2D eigenvalue weighted by Gasteiger charge is -2.37. The van der Waals surface area contributed by atoms with Gasteiger partial charge < -0.3 is 9.80 Å². The second-order valence-corrected chi connectivity index (χ2v) is 8.68. The Kier molecular flexibility index (Phi) is 5.72. The Morgan fingerprint density at radius 3 is 2.70 bits per heavy atom. The number of rotatable bonds is 4. The van der Waals surface area contributed by atoms with E-state index in [2.05, 4.69) is 33.2 Å². The van der Waals surface area contributed by atoms with Gasteiger partial charge in [0.05, 0.1) is 5.92 Å². The summed E-state index contributed by atoms with van der Waals surface area (Å²) in [5.74, 6) is 2.08. The van der Waals surface area contributed by atoms with Gasteiger partial charge in [0, 0.05) is 44.1 Å². The molecule has 1 aromatic heterocycles. The van der Waals surface area contributed by atoms with Gasteiger partial charge in [-0.25, -0.2) is 4.98 Å². The number of amides is 1. The summed E-state index contributed by atoms with van der Waals surface area (Å²) in [7, 11) is 0. The number of aromatic nitrogens is 2. The Labute approximate surface area is 165 Å².